The summed E-state index contributed by atoms with van der Waals surface area (Å²) in [4.78, 5) is 11.4. The zero-order chi connectivity index (χ0) is 12.1. The molecule has 0 radical (unpaired) electrons. The van der Waals surface area contributed by atoms with Gasteiger partial charge in [-0.05, 0) is 37.5 Å². The number of carbonyl (C=O) groups is 1. The van der Waals surface area contributed by atoms with Gasteiger partial charge in [0.15, 0.2) is 5.78 Å². The van der Waals surface area contributed by atoms with Crippen LogP contribution in [0.4, 0.5) is 0 Å². The van der Waals surface area contributed by atoms with E-state index < -0.39 is 0 Å². The lowest BCUT2D eigenvalue weighted by Crippen LogP contribution is -2.05. The minimum Gasteiger partial charge on any atom is -0.493 e. The van der Waals surface area contributed by atoms with Crippen LogP contribution in [0.5, 0.6) is 5.75 Å². The average molecular weight is 241 g/mol. The number of benzene rings is 1. The highest BCUT2D eigenvalue weighted by Gasteiger charge is 2.09. The number of Topliss-reactive ketones (excluding diaryl/α,β-unsaturated/α-hetero) is 1. The lowest BCUT2D eigenvalue weighted by molar-refractivity contribution is 0.101. The molecule has 0 saturated carbocycles. The van der Waals surface area contributed by atoms with Crippen molar-refractivity contribution in [2.24, 2.45) is 5.92 Å². The summed E-state index contributed by atoms with van der Waals surface area (Å²) in [6.07, 6.45) is 0.972. The molecule has 0 heterocycles. The monoisotopic (exact) mass is 240 g/mol. The third-order valence-corrected chi connectivity index (χ3v) is 2.51. The fourth-order valence-corrected chi connectivity index (χ4v) is 1.48. The van der Waals surface area contributed by atoms with E-state index in [4.69, 9.17) is 16.3 Å². The summed E-state index contributed by atoms with van der Waals surface area (Å²) in [5.74, 6) is 1.19. The normalized spacial score (nSPS) is 10.6. The van der Waals surface area contributed by atoms with Crippen LogP contribution in [0.25, 0.3) is 0 Å². The molecule has 0 fully saturated rings. The predicted molar refractivity (Wildman–Crippen MR) is 66.4 cm³/mol. The lowest BCUT2D eigenvalue weighted by Gasteiger charge is -2.11. The van der Waals surface area contributed by atoms with Gasteiger partial charge in [0.2, 0.25) is 0 Å². The largest absolute Gasteiger partial charge is 0.493 e. The van der Waals surface area contributed by atoms with Gasteiger partial charge in [-0.1, -0.05) is 25.4 Å². The van der Waals surface area contributed by atoms with Crippen molar-refractivity contribution in [3.63, 3.8) is 0 Å². The topological polar surface area (TPSA) is 26.3 Å². The molecule has 1 aromatic carbocycles. The van der Waals surface area contributed by atoms with Gasteiger partial charge in [0.1, 0.15) is 5.75 Å². The van der Waals surface area contributed by atoms with E-state index in [-0.39, 0.29) is 5.78 Å². The van der Waals surface area contributed by atoms with E-state index >= 15 is 0 Å². The molecule has 1 rings (SSSR count). The van der Waals surface area contributed by atoms with Crippen molar-refractivity contribution in [1.82, 2.24) is 0 Å². The molecule has 88 valence electrons. The molecule has 2 nitrogen and oxygen atoms in total. The molecule has 0 aliphatic carbocycles. The Morgan fingerprint density at radius 2 is 2.12 bits per heavy atom. The highest BCUT2D eigenvalue weighted by Crippen LogP contribution is 2.23. The summed E-state index contributed by atoms with van der Waals surface area (Å²) in [6, 6.07) is 5.13. The van der Waals surface area contributed by atoms with Gasteiger partial charge in [0, 0.05) is 5.02 Å². The zero-order valence-corrected chi connectivity index (χ0v) is 10.7. The maximum absolute atomic E-state index is 11.4. The van der Waals surface area contributed by atoms with Crippen LogP contribution in [0.3, 0.4) is 0 Å². The molecule has 16 heavy (non-hydrogen) atoms. The average Bonchev–Trinajstić information content (AvgIpc) is 2.19. The van der Waals surface area contributed by atoms with E-state index in [1.165, 1.54) is 6.92 Å². The molecule has 0 aromatic heterocycles. The third kappa shape index (κ3) is 3.86. The second kappa shape index (κ2) is 5.90. The lowest BCUT2D eigenvalue weighted by atomic mass is 10.1. The van der Waals surface area contributed by atoms with Crippen molar-refractivity contribution in [2.75, 3.05) is 6.61 Å². The molecule has 1 aromatic rings. The predicted octanol–water partition coefficient (Wildman–Crippen LogP) is 3.97. The van der Waals surface area contributed by atoms with Crippen LogP contribution >= 0.6 is 11.6 Å². The number of ketones is 1. The molecule has 0 N–H and O–H groups in total. The number of hydrogen-bond donors (Lipinski definition) is 0. The van der Waals surface area contributed by atoms with E-state index in [1.807, 2.05) is 0 Å². The van der Waals surface area contributed by atoms with E-state index in [2.05, 4.69) is 13.8 Å². The molecule has 0 saturated heterocycles. The van der Waals surface area contributed by atoms with Gasteiger partial charge in [-0.3, -0.25) is 4.79 Å². The first-order valence-corrected chi connectivity index (χ1v) is 5.81. The standard InChI is InChI=1S/C13H17ClO2/c1-9(2)6-7-16-13-5-4-11(14)8-12(13)10(3)15/h4-5,8-9H,6-7H2,1-3H3. The molecule has 0 amide bonds. The highest BCUT2D eigenvalue weighted by molar-refractivity contribution is 6.31. The minimum atomic E-state index is -0.0259. The van der Waals surface area contributed by atoms with E-state index in [1.54, 1.807) is 18.2 Å². The Bertz CT molecular complexity index is 372. The Kier molecular flexibility index (Phi) is 4.81. The van der Waals surface area contributed by atoms with Crippen molar-refractivity contribution in [1.29, 1.82) is 0 Å². The zero-order valence-electron chi connectivity index (χ0n) is 9.92. The summed E-state index contributed by atoms with van der Waals surface area (Å²) in [6.45, 7) is 6.41. The molecule has 0 aliphatic rings. The van der Waals surface area contributed by atoms with Crippen LogP contribution in [-0.2, 0) is 0 Å². The first-order chi connectivity index (χ1) is 7.50. The van der Waals surface area contributed by atoms with Crippen molar-refractivity contribution in [2.45, 2.75) is 27.2 Å². The van der Waals surface area contributed by atoms with Gasteiger partial charge in [-0.25, -0.2) is 0 Å². The molecule has 3 heteroatoms. The van der Waals surface area contributed by atoms with Gasteiger partial charge in [0.25, 0.3) is 0 Å². The third-order valence-electron chi connectivity index (χ3n) is 2.27. The van der Waals surface area contributed by atoms with E-state index in [0.717, 1.165) is 6.42 Å². The van der Waals surface area contributed by atoms with Crippen molar-refractivity contribution in [3.05, 3.63) is 28.8 Å². The van der Waals surface area contributed by atoms with Crippen molar-refractivity contribution < 1.29 is 9.53 Å². The second-order valence-electron chi connectivity index (χ2n) is 4.23. The Morgan fingerprint density at radius 1 is 1.44 bits per heavy atom. The first-order valence-electron chi connectivity index (χ1n) is 5.44. The highest BCUT2D eigenvalue weighted by atomic mass is 35.5. The Hall–Kier alpha value is -1.02. The summed E-state index contributed by atoms with van der Waals surface area (Å²) in [5, 5.41) is 0.557. The number of hydrogen-bond acceptors (Lipinski definition) is 2. The maximum atomic E-state index is 11.4. The van der Waals surface area contributed by atoms with E-state index in [9.17, 15) is 4.79 Å². The summed E-state index contributed by atoms with van der Waals surface area (Å²) >= 11 is 5.84. The van der Waals surface area contributed by atoms with Crippen LogP contribution in [0.1, 0.15) is 37.6 Å². The van der Waals surface area contributed by atoms with Gasteiger partial charge in [0.05, 0.1) is 12.2 Å². The first kappa shape index (κ1) is 13.0. The van der Waals surface area contributed by atoms with Gasteiger partial charge < -0.3 is 4.74 Å². The minimum absolute atomic E-state index is 0.0259. The van der Waals surface area contributed by atoms with Gasteiger partial charge in [-0.15, -0.1) is 0 Å². The molecule has 0 aliphatic heterocycles. The number of halogens is 1. The van der Waals surface area contributed by atoms with Gasteiger partial charge >= 0.3 is 0 Å². The van der Waals surface area contributed by atoms with Crippen molar-refractivity contribution >= 4 is 17.4 Å². The fraction of sp³-hybridized carbons (Fsp3) is 0.462. The number of ether oxygens (including phenoxy) is 1. The summed E-state index contributed by atoms with van der Waals surface area (Å²) < 4.78 is 5.58. The number of carbonyl (C=O) groups excluding carboxylic acids is 1. The molecule has 0 atom stereocenters. The van der Waals surface area contributed by atoms with E-state index in [0.29, 0.717) is 28.9 Å². The SMILES string of the molecule is CC(=O)c1cc(Cl)ccc1OCCC(C)C. The van der Waals surface area contributed by atoms with Crippen molar-refractivity contribution in [3.8, 4) is 5.75 Å². The van der Waals surface area contributed by atoms with Crippen LogP contribution in [0, 0.1) is 5.92 Å². The quantitative estimate of drug-likeness (QED) is 0.728. The summed E-state index contributed by atoms with van der Waals surface area (Å²) in [7, 11) is 0. The molecule has 0 bridgehead atoms. The van der Waals surface area contributed by atoms with Crippen LogP contribution in [-0.4, -0.2) is 12.4 Å². The fourth-order valence-electron chi connectivity index (χ4n) is 1.31. The molecule has 0 unspecified atom stereocenters. The van der Waals surface area contributed by atoms with Crippen LogP contribution in [0.2, 0.25) is 5.02 Å². The number of rotatable bonds is 5. The Balaban J connectivity index is 2.75. The van der Waals surface area contributed by atoms with Crippen LogP contribution < -0.4 is 4.74 Å². The van der Waals surface area contributed by atoms with Gasteiger partial charge in [-0.2, -0.15) is 0 Å². The summed E-state index contributed by atoms with van der Waals surface area (Å²) in [5.41, 5.74) is 0.552. The smallest absolute Gasteiger partial charge is 0.163 e. The Morgan fingerprint density at radius 3 is 2.69 bits per heavy atom. The van der Waals surface area contributed by atoms with Crippen LogP contribution in [0.15, 0.2) is 18.2 Å². The Labute approximate surface area is 102 Å². The molecule has 0 spiro atoms. The molecular weight excluding hydrogens is 224 g/mol. The molecular formula is C13H17ClO2. The maximum Gasteiger partial charge on any atom is 0.163 e. The second-order valence-corrected chi connectivity index (χ2v) is 4.66.